The second-order valence-corrected chi connectivity index (χ2v) is 7.13. The van der Waals surface area contributed by atoms with Gasteiger partial charge in [0.1, 0.15) is 4.90 Å². The van der Waals surface area contributed by atoms with Crippen LogP contribution >= 0.6 is 11.6 Å². The number of nitrogens with one attached hydrogen (secondary N) is 1. The van der Waals surface area contributed by atoms with Gasteiger partial charge in [0.2, 0.25) is 0 Å². The highest BCUT2D eigenvalue weighted by Crippen LogP contribution is 2.27. The van der Waals surface area contributed by atoms with Crippen LogP contribution < -0.4 is 4.72 Å². The van der Waals surface area contributed by atoms with Crippen LogP contribution in [0, 0.1) is 0 Å². The minimum absolute atomic E-state index is 0.166. The molecule has 1 aromatic heterocycles. The summed E-state index contributed by atoms with van der Waals surface area (Å²) in [6.45, 7) is 0.355. The summed E-state index contributed by atoms with van der Waals surface area (Å²) in [5.74, 6) is -0.739. The maximum Gasteiger partial charge on any atom is 0.267 e. The van der Waals surface area contributed by atoms with E-state index in [-0.39, 0.29) is 9.92 Å². The van der Waals surface area contributed by atoms with Crippen LogP contribution in [0.3, 0.4) is 0 Å². The molecule has 0 fully saturated rings. The number of aromatic nitrogens is 1. The largest absolute Gasteiger partial charge is 0.363 e. The smallest absolute Gasteiger partial charge is 0.267 e. The van der Waals surface area contributed by atoms with Gasteiger partial charge in [-0.15, -0.1) is 0 Å². The van der Waals surface area contributed by atoms with Gasteiger partial charge in [0.05, 0.1) is 11.6 Å². The standard InChI is InChI=1S/C15H13ClN2O4S/c16-11-7-12(9-17-8-11)23(20,21)18-15(19)14-13-4-2-1-3-10(13)5-6-22-14/h1-4,7-9,14H,5-6H2,(H,18,19)/t14-/m1/s1. The van der Waals surface area contributed by atoms with Gasteiger partial charge in [0.25, 0.3) is 15.9 Å². The van der Waals surface area contributed by atoms with Crippen molar-refractivity contribution in [3.8, 4) is 0 Å². The van der Waals surface area contributed by atoms with Crippen molar-refractivity contribution in [3.63, 3.8) is 0 Å². The zero-order valence-corrected chi connectivity index (χ0v) is 13.5. The van der Waals surface area contributed by atoms with Crippen molar-refractivity contribution in [1.29, 1.82) is 0 Å². The monoisotopic (exact) mass is 352 g/mol. The molecule has 0 radical (unpaired) electrons. The van der Waals surface area contributed by atoms with Crippen LogP contribution in [0.15, 0.2) is 47.6 Å². The highest BCUT2D eigenvalue weighted by Gasteiger charge is 2.30. The zero-order valence-electron chi connectivity index (χ0n) is 11.9. The average molecular weight is 353 g/mol. The summed E-state index contributed by atoms with van der Waals surface area (Å²) >= 11 is 5.74. The second-order valence-electron chi connectivity index (χ2n) is 5.01. The molecule has 1 aliphatic rings. The quantitative estimate of drug-likeness (QED) is 0.911. The van der Waals surface area contributed by atoms with Gasteiger partial charge in [0.15, 0.2) is 6.10 Å². The van der Waals surface area contributed by atoms with Gasteiger partial charge < -0.3 is 4.74 Å². The number of halogens is 1. The van der Waals surface area contributed by atoms with Crippen LogP contribution in [0.25, 0.3) is 0 Å². The Hall–Kier alpha value is -1.96. The number of ether oxygens (including phenoxy) is 1. The summed E-state index contributed by atoms with van der Waals surface area (Å²) in [7, 11) is -4.06. The Labute approximate surface area is 138 Å². The molecule has 23 heavy (non-hydrogen) atoms. The predicted molar refractivity (Wildman–Crippen MR) is 83.4 cm³/mol. The number of amides is 1. The van der Waals surface area contributed by atoms with Crippen LogP contribution in [0.5, 0.6) is 0 Å². The molecule has 1 N–H and O–H groups in total. The average Bonchev–Trinajstić information content (AvgIpc) is 2.54. The van der Waals surface area contributed by atoms with Gasteiger partial charge in [-0.25, -0.2) is 13.1 Å². The van der Waals surface area contributed by atoms with E-state index in [1.807, 2.05) is 16.9 Å². The van der Waals surface area contributed by atoms with Gasteiger partial charge in [-0.1, -0.05) is 35.9 Å². The van der Waals surface area contributed by atoms with E-state index in [2.05, 4.69) is 4.98 Å². The number of carbonyl (C=O) groups is 1. The van der Waals surface area contributed by atoms with Crippen LogP contribution in [-0.2, 0) is 26.0 Å². The number of sulfonamides is 1. The molecule has 0 saturated heterocycles. The minimum atomic E-state index is -4.06. The summed E-state index contributed by atoms with van der Waals surface area (Å²) < 4.78 is 32.0. The van der Waals surface area contributed by atoms with Gasteiger partial charge in [-0.2, -0.15) is 0 Å². The Morgan fingerprint density at radius 1 is 1.30 bits per heavy atom. The van der Waals surface area contributed by atoms with Gasteiger partial charge in [-0.05, 0) is 23.6 Å². The fourth-order valence-electron chi connectivity index (χ4n) is 2.40. The third-order valence-corrected chi connectivity index (χ3v) is 4.98. The molecule has 1 atom stereocenters. The van der Waals surface area contributed by atoms with Crippen molar-refractivity contribution >= 4 is 27.5 Å². The van der Waals surface area contributed by atoms with E-state index in [9.17, 15) is 13.2 Å². The van der Waals surface area contributed by atoms with Gasteiger partial charge in [-0.3, -0.25) is 9.78 Å². The molecule has 120 valence electrons. The first-order valence-corrected chi connectivity index (χ1v) is 8.70. The number of carbonyl (C=O) groups excluding carboxylic acids is 1. The number of nitrogens with zero attached hydrogens (tertiary/aromatic N) is 1. The Balaban J connectivity index is 1.85. The van der Waals surface area contributed by atoms with Crippen LogP contribution in [0.1, 0.15) is 17.2 Å². The lowest BCUT2D eigenvalue weighted by Crippen LogP contribution is -2.37. The molecule has 6 nitrogen and oxygen atoms in total. The van der Waals surface area contributed by atoms with E-state index in [1.54, 1.807) is 12.1 Å². The Morgan fingerprint density at radius 2 is 2.09 bits per heavy atom. The Bertz CT molecular complexity index is 854. The van der Waals surface area contributed by atoms with E-state index in [0.717, 1.165) is 11.8 Å². The van der Waals surface area contributed by atoms with E-state index in [0.29, 0.717) is 18.6 Å². The number of rotatable bonds is 3. The molecular weight excluding hydrogens is 340 g/mol. The summed E-state index contributed by atoms with van der Waals surface area (Å²) in [6.07, 6.45) is 2.16. The molecule has 0 spiro atoms. The normalized spacial score (nSPS) is 17.3. The van der Waals surface area contributed by atoms with Crippen molar-refractivity contribution in [1.82, 2.24) is 9.71 Å². The fourth-order valence-corrected chi connectivity index (χ4v) is 3.61. The van der Waals surface area contributed by atoms with Gasteiger partial charge in [0, 0.05) is 12.4 Å². The maximum absolute atomic E-state index is 12.4. The van der Waals surface area contributed by atoms with Crippen LogP contribution in [0.4, 0.5) is 0 Å². The SMILES string of the molecule is O=C(NS(=O)(=O)c1cncc(Cl)c1)[C@@H]1OCCc2ccccc21. The third-order valence-electron chi connectivity index (χ3n) is 3.46. The predicted octanol–water partition coefficient (Wildman–Crippen LogP) is 1.85. The summed E-state index contributed by atoms with van der Waals surface area (Å²) in [4.78, 5) is 15.9. The lowest BCUT2D eigenvalue weighted by molar-refractivity contribution is -0.132. The Morgan fingerprint density at radius 3 is 2.87 bits per heavy atom. The summed E-state index contributed by atoms with van der Waals surface area (Å²) in [6, 6.07) is 8.52. The van der Waals surface area contributed by atoms with Crippen molar-refractivity contribution < 1.29 is 17.9 Å². The number of benzene rings is 1. The minimum Gasteiger partial charge on any atom is -0.363 e. The van der Waals surface area contributed by atoms with Crippen molar-refractivity contribution in [3.05, 3.63) is 58.9 Å². The summed E-state index contributed by atoms with van der Waals surface area (Å²) in [5.41, 5.74) is 1.65. The molecular formula is C15H13ClN2O4S. The van der Waals surface area contributed by atoms with Crippen LogP contribution in [-0.4, -0.2) is 25.9 Å². The second kappa shape index (κ2) is 6.27. The molecule has 0 bridgehead atoms. The molecule has 1 aromatic carbocycles. The lowest BCUT2D eigenvalue weighted by atomic mass is 9.97. The van der Waals surface area contributed by atoms with E-state index in [1.165, 1.54) is 12.3 Å². The third kappa shape index (κ3) is 3.36. The molecule has 8 heteroatoms. The first-order chi connectivity index (χ1) is 11.0. The van der Waals surface area contributed by atoms with E-state index in [4.69, 9.17) is 16.3 Å². The molecule has 1 aliphatic heterocycles. The zero-order chi connectivity index (χ0) is 16.4. The molecule has 1 amide bonds. The molecule has 2 aromatic rings. The Kier molecular flexibility index (Phi) is 4.34. The topological polar surface area (TPSA) is 85.4 Å². The maximum atomic E-state index is 12.4. The molecule has 2 heterocycles. The summed E-state index contributed by atoms with van der Waals surface area (Å²) in [5, 5.41) is 0.166. The number of pyridine rings is 1. The first-order valence-electron chi connectivity index (χ1n) is 6.84. The lowest BCUT2D eigenvalue weighted by Gasteiger charge is -2.25. The molecule has 0 aliphatic carbocycles. The number of hydrogen-bond donors (Lipinski definition) is 1. The molecule has 3 rings (SSSR count). The highest BCUT2D eigenvalue weighted by molar-refractivity contribution is 7.90. The van der Waals surface area contributed by atoms with E-state index >= 15 is 0 Å². The number of fused-ring (bicyclic) bond motifs is 1. The molecule has 0 unspecified atom stereocenters. The van der Waals surface area contributed by atoms with Crippen molar-refractivity contribution in [2.45, 2.75) is 17.4 Å². The molecule has 0 saturated carbocycles. The van der Waals surface area contributed by atoms with Crippen molar-refractivity contribution in [2.24, 2.45) is 0 Å². The van der Waals surface area contributed by atoms with Crippen LogP contribution in [0.2, 0.25) is 5.02 Å². The van der Waals surface area contributed by atoms with E-state index < -0.39 is 22.0 Å². The van der Waals surface area contributed by atoms with Gasteiger partial charge >= 0.3 is 0 Å². The fraction of sp³-hybridized carbons (Fsp3) is 0.200. The highest BCUT2D eigenvalue weighted by atomic mass is 35.5. The van der Waals surface area contributed by atoms with Crippen molar-refractivity contribution in [2.75, 3.05) is 6.61 Å². The first kappa shape index (κ1) is 15.9. The number of hydrogen-bond acceptors (Lipinski definition) is 5.